The molecule has 5 rings (SSSR count). The summed E-state index contributed by atoms with van der Waals surface area (Å²) in [5.41, 5.74) is 1.01. The first-order chi connectivity index (χ1) is 15.8. The van der Waals surface area contributed by atoms with Gasteiger partial charge in [0.2, 0.25) is 11.9 Å². The highest BCUT2D eigenvalue weighted by molar-refractivity contribution is 5.91. The van der Waals surface area contributed by atoms with Gasteiger partial charge in [0.25, 0.3) is 0 Å². The predicted octanol–water partition coefficient (Wildman–Crippen LogP) is 2.97. The second-order valence-electron chi connectivity index (χ2n) is 7.58. The largest absolute Gasteiger partial charge is 0.354 e. The van der Waals surface area contributed by atoms with Crippen molar-refractivity contribution in [3.63, 3.8) is 0 Å². The number of nitrogens with one attached hydrogen (secondary N) is 1. The van der Waals surface area contributed by atoms with Crippen molar-refractivity contribution in [2.24, 2.45) is 5.92 Å². The van der Waals surface area contributed by atoms with Crippen LogP contribution >= 0.6 is 0 Å². The van der Waals surface area contributed by atoms with E-state index in [1.165, 1.54) is 0 Å². The number of amides is 1. The summed E-state index contributed by atoms with van der Waals surface area (Å²) in [6.07, 6.45) is 8.56. The SMILES string of the molecule is O=C(Nc1ncccn1)C1CCCN(c2ccc(-n3ccnc3-c3ccccc3)nn2)C1. The van der Waals surface area contributed by atoms with Crippen LogP contribution in [0.3, 0.4) is 0 Å². The quantitative estimate of drug-likeness (QED) is 0.523. The lowest BCUT2D eigenvalue weighted by molar-refractivity contribution is -0.120. The number of nitrogens with zero attached hydrogens (tertiary/aromatic N) is 7. The lowest BCUT2D eigenvalue weighted by Crippen LogP contribution is -2.41. The van der Waals surface area contributed by atoms with E-state index < -0.39 is 0 Å². The summed E-state index contributed by atoms with van der Waals surface area (Å²) in [5.74, 6) is 2.35. The highest BCUT2D eigenvalue weighted by Crippen LogP contribution is 2.24. The zero-order valence-corrected chi connectivity index (χ0v) is 17.4. The molecule has 1 atom stereocenters. The number of piperidine rings is 1. The maximum absolute atomic E-state index is 12.7. The third-order valence-corrected chi connectivity index (χ3v) is 5.47. The van der Waals surface area contributed by atoms with Gasteiger partial charge in [0.1, 0.15) is 5.82 Å². The maximum atomic E-state index is 12.7. The van der Waals surface area contributed by atoms with E-state index >= 15 is 0 Å². The Kier molecular flexibility index (Phi) is 5.52. The number of carbonyl (C=O) groups is 1. The van der Waals surface area contributed by atoms with Gasteiger partial charge in [0.05, 0.1) is 5.92 Å². The van der Waals surface area contributed by atoms with Crippen LogP contribution in [0, 0.1) is 5.92 Å². The Morgan fingerprint density at radius 3 is 2.47 bits per heavy atom. The van der Waals surface area contributed by atoms with Crippen LogP contribution < -0.4 is 10.2 Å². The van der Waals surface area contributed by atoms with Crippen LogP contribution in [0.5, 0.6) is 0 Å². The molecule has 32 heavy (non-hydrogen) atoms. The number of carbonyl (C=O) groups excluding carboxylic acids is 1. The average molecular weight is 426 g/mol. The van der Waals surface area contributed by atoms with Gasteiger partial charge in [0.15, 0.2) is 11.6 Å². The van der Waals surface area contributed by atoms with E-state index in [0.717, 1.165) is 36.6 Å². The molecule has 4 aromatic rings. The van der Waals surface area contributed by atoms with Crippen LogP contribution in [0.1, 0.15) is 12.8 Å². The van der Waals surface area contributed by atoms with E-state index in [1.54, 1.807) is 24.7 Å². The number of hydrogen-bond acceptors (Lipinski definition) is 7. The topological polar surface area (TPSA) is 102 Å². The third-order valence-electron chi connectivity index (χ3n) is 5.47. The zero-order valence-electron chi connectivity index (χ0n) is 17.4. The summed E-state index contributed by atoms with van der Waals surface area (Å²) in [6.45, 7) is 1.41. The first-order valence-corrected chi connectivity index (χ1v) is 10.5. The maximum Gasteiger partial charge on any atom is 0.231 e. The minimum absolute atomic E-state index is 0.0728. The summed E-state index contributed by atoms with van der Waals surface area (Å²) in [5, 5.41) is 11.7. The molecule has 1 aromatic carbocycles. The van der Waals surface area contributed by atoms with E-state index in [0.29, 0.717) is 18.3 Å². The molecule has 0 bridgehead atoms. The second-order valence-corrected chi connectivity index (χ2v) is 7.58. The van der Waals surface area contributed by atoms with Gasteiger partial charge in [-0.2, -0.15) is 0 Å². The summed E-state index contributed by atoms with van der Waals surface area (Å²) in [6, 6.07) is 15.6. The van der Waals surface area contributed by atoms with Crippen LogP contribution in [-0.4, -0.2) is 48.7 Å². The number of benzene rings is 1. The van der Waals surface area contributed by atoms with E-state index in [2.05, 4.69) is 35.4 Å². The second kappa shape index (κ2) is 8.93. The fraction of sp³-hybridized carbons (Fsp3) is 0.217. The Morgan fingerprint density at radius 2 is 1.69 bits per heavy atom. The molecule has 1 aliphatic heterocycles. The molecular formula is C23H22N8O. The molecule has 9 nitrogen and oxygen atoms in total. The molecule has 1 aliphatic rings. The number of aromatic nitrogens is 6. The van der Waals surface area contributed by atoms with Crippen LogP contribution in [-0.2, 0) is 4.79 Å². The molecule has 1 unspecified atom stereocenters. The summed E-state index contributed by atoms with van der Waals surface area (Å²) in [4.78, 5) is 27.4. The molecule has 160 valence electrons. The summed E-state index contributed by atoms with van der Waals surface area (Å²) >= 11 is 0. The van der Waals surface area contributed by atoms with E-state index in [4.69, 9.17) is 0 Å². The first-order valence-electron chi connectivity index (χ1n) is 10.5. The fourth-order valence-corrected chi connectivity index (χ4v) is 3.88. The van der Waals surface area contributed by atoms with Gasteiger partial charge in [-0.05, 0) is 31.0 Å². The molecule has 0 aliphatic carbocycles. The van der Waals surface area contributed by atoms with E-state index in [1.807, 2.05) is 53.2 Å². The van der Waals surface area contributed by atoms with E-state index in [9.17, 15) is 4.79 Å². The Morgan fingerprint density at radius 1 is 0.906 bits per heavy atom. The Bertz CT molecular complexity index is 1180. The molecule has 1 amide bonds. The van der Waals surface area contributed by atoms with Crippen molar-refractivity contribution >= 4 is 17.7 Å². The third kappa shape index (κ3) is 4.18. The van der Waals surface area contributed by atoms with E-state index in [-0.39, 0.29) is 11.8 Å². The number of anilines is 2. The van der Waals surface area contributed by atoms with Gasteiger partial charge in [0, 0.05) is 43.4 Å². The Hall–Kier alpha value is -4.14. The number of imidazole rings is 1. The van der Waals surface area contributed by atoms with Gasteiger partial charge in [-0.1, -0.05) is 30.3 Å². The molecule has 0 spiro atoms. The zero-order chi connectivity index (χ0) is 21.8. The van der Waals surface area contributed by atoms with Gasteiger partial charge in [-0.15, -0.1) is 10.2 Å². The molecular weight excluding hydrogens is 404 g/mol. The summed E-state index contributed by atoms with van der Waals surface area (Å²) < 4.78 is 1.92. The standard InChI is InChI=1S/C23H22N8O/c32-22(27-23-25-11-5-12-26-23)18-8-4-14-30(16-18)19-9-10-20(29-28-19)31-15-13-24-21(31)17-6-2-1-3-7-17/h1-3,5-7,9-13,15,18H,4,8,14,16H2,(H,25,26,27,32). The van der Waals surface area contributed by atoms with Crippen molar-refractivity contribution < 1.29 is 4.79 Å². The molecule has 4 heterocycles. The van der Waals surface area contributed by atoms with Crippen molar-refractivity contribution in [2.75, 3.05) is 23.3 Å². The lowest BCUT2D eigenvalue weighted by Gasteiger charge is -2.32. The van der Waals surface area contributed by atoms with Gasteiger partial charge < -0.3 is 4.90 Å². The average Bonchev–Trinajstić information content (AvgIpc) is 3.35. The van der Waals surface area contributed by atoms with Crippen molar-refractivity contribution in [3.05, 3.63) is 73.3 Å². The monoisotopic (exact) mass is 426 g/mol. The summed E-state index contributed by atoms with van der Waals surface area (Å²) in [7, 11) is 0. The highest BCUT2D eigenvalue weighted by atomic mass is 16.2. The normalized spacial score (nSPS) is 16.0. The lowest BCUT2D eigenvalue weighted by atomic mass is 9.97. The molecule has 0 radical (unpaired) electrons. The predicted molar refractivity (Wildman–Crippen MR) is 120 cm³/mol. The molecule has 1 saturated heterocycles. The minimum Gasteiger partial charge on any atom is -0.354 e. The molecule has 1 N–H and O–H groups in total. The van der Waals surface area contributed by atoms with Crippen molar-refractivity contribution in [1.29, 1.82) is 0 Å². The minimum atomic E-state index is -0.160. The van der Waals surface area contributed by atoms with Crippen molar-refractivity contribution in [2.45, 2.75) is 12.8 Å². The van der Waals surface area contributed by atoms with Crippen molar-refractivity contribution in [3.8, 4) is 17.2 Å². The smallest absolute Gasteiger partial charge is 0.231 e. The van der Waals surface area contributed by atoms with Gasteiger partial charge in [-0.25, -0.2) is 15.0 Å². The van der Waals surface area contributed by atoms with Crippen LogP contribution in [0.15, 0.2) is 73.3 Å². The molecule has 1 fully saturated rings. The Labute approximate surface area is 185 Å². The number of hydrogen-bond donors (Lipinski definition) is 1. The Balaban J connectivity index is 1.29. The van der Waals surface area contributed by atoms with Gasteiger partial charge >= 0.3 is 0 Å². The van der Waals surface area contributed by atoms with Crippen molar-refractivity contribution in [1.82, 2.24) is 29.7 Å². The highest BCUT2D eigenvalue weighted by Gasteiger charge is 2.27. The molecule has 9 heteroatoms. The first kappa shape index (κ1) is 19.8. The van der Waals surface area contributed by atoms with Gasteiger partial charge in [-0.3, -0.25) is 14.7 Å². The van der Waals surface area contributed by atoms with Crippen LogP contribution in [0.2, 0.25) is 0 Å². The van der Waals surface area contributed by atoms with Crippen LogP contribution in [0.25, 0.3) is 17.2 Å². The molecule has 3 aromatic heterocycles. The fourth-order valence-electron chi connectivity index (χ4n) is 3.88. The number of rotatable bonds is 5. The molecule has 0 saturated carbocycles. The van der Waals surface area contributed by atoms with Crippen LogP contribution in [0.4, 0.5) is 11.8 Å².